The van der Waals surface area contributed by atoms with Gasteiger partial charge in [0.2, 0.25) is 23.0 Å². The zero-order valence-corrected chi connectivity index (χ0v) is 68.8. The van der Waals surface area contributed by atoms with Crippen LogP contribution in [0.15, 0.2) is 155 Å². The predicted octanol–water partition coefficient (Wildman–Crippen LogP) is 14.2. The van der Waals surface area contributed by atoms with Crippen molar-refractivity contribution < 1.29 is 50.8 Å². The van der Waals surface area contributed by atoms with E-state index in [0.717, 1.165) is 161 Å². The van der Waals surface area contributed by atoms with Crippen molar-refractivity contribution in [1.29, 1.82) is 0 Å². The highest BCUT2D eigenvalue weighted by molar-refractivity contribution is 6.74. The van der Waals surface area contributed by atoms with Gasteiger partial charge in [-0.2, -0.15) is 10.2 Å². The number of hydrogen-bond donors (Lipinski definition) is 6. The number of terminal acetylenes is 3. The number of carboxylic acid groups (broad SMARTS) is 1. The van der Waals surface area contributed by atoms with Crippen LogP contribution in [0.5, 0.6) is 0 Å². The number of aromatic amines is 3. The largest absolute Gasteiger partial charge is 1.00 e. The van der Waals surface area contributed by atoms with Crippen molar-refractivity contribution in [3.63, 3.8) is 0 Å². The van der Waals surface area contributed by atoms with E-state index >= 15 is 0 Å². The van der Waals surface area contributed by atoms with Crippen LogP contribution in [0.1, 0.15) is 188 Å². The van der Waals surface area contributed by atoms with E-state index in [-0.39, 0.29) is 75.4 Å². The van der Waals surface area contributed by atoms with E-state index in [0.29, 0.717) is 56.2 Å². The maximum atomic E-state index is 13.5. The molecule has 6 heterocycles. The molecule has 0 saturated heterocycles. The molecular weight excluding hydrogens is 1440 g/mol. The maximum Gasteiger partial charge on any atom is 0.347 e. The van der Waals surface area contributed by atoms with Crippen LogP contribution in [0.4, 0.5) is 0 Å². The van der Waals surface area contributed by atoms with Crippen molar-refractivity contribution in [3.05, 3.63) is 178 Å². The molecule has 584 valence electrons. The van der Waals surface area contributed by atoms with Crippen LogP contribution in [-0.2, 0) is 34.3 Å². The minimum atomic E-state index is -1.99. The van der Waals surface area contributed by atoms with Crippen LogP contribution in [0, 0.1) is 37.0 Å². The maximum absolute atomic E-state index is 13.5. The molecule has 0 spiro atoms. The molecule has 2 amide bonds. The molecule has 2 saturated carbocycles. The standard InChI is InChI=1S/C40H47N5O3Si.C34H33N5O3.C15H28O3Si.ClH/c1-7-8-10-16-31(48-49(5,6)39(2,3)4)21-22-35(46)42-40(24-13-25-40)30-19-17-29(18-20-30)36-32(28-14-11-9-12-15-28)27-33-34(41-36)23-26-45-37(33)43-44-38(45)47;1-2-3-5-11-26(40)16-17-30(41)36-34(19-8-20-34)25-14-12-24(13-15-25)31-27(23-9-6-4-7-10-23)22-28-29(35-31)18-21-39-32(28)37-38-33(39)42;1-7-8-9-10-13(11-12-14(16)17)18-19(5,6)15(2,3)4;/h1,9,11-12,14-15,17-20,23,26-27,31H,8,10,13,16,21-22,24-25H2,2-6H3,(H,42,46)(H,44,47);1,4,6-7,9-10,12-15,18,21-22,26,40H,3,5,8,11,16-17,19-20H2,(H,36,41)(H,38,42);1,13H,8-12H2,2-6H3,(H,16,17);1H. The number of carbonyl (C=O) groups is 3. The number of aliphatic hydroxyl groups excluding tert-OH is 1. The van der Waals surface area contributed by atoms with Crippen LogP contribution in [0.3, 0.4) is 0 Å². The van der Waals surface area contributed by atoms with E-state index < -0.39 is 28.7 Å². The van der Waals surface area contributed by atoms with Gasteiger partial charge in [0.15, 0.2) is 27.9 Å². The first kappa shape index (κ1) is 85.2. The number of halogens is 1. The molecule has 111 heavy (non-hydrogen) atoms. The lowest BCUT2D eigenvalue weighted by molar-refractivity contribution is -0.330. The number of fused-ring (bicyclic) bond motifs is 6. The van der Waals surface area contributed by atoms with Crippen LogP contribution < -0.4 is 39.4 Å². The molecule has 2 aliphatic carbocycles. The molecule has 0 aliphatic heterocycles. The number of hydrogen-bond acceptors (Lipinski definition) is 11. The summed E-state index contributed by atoms with van der Waals surface area (Å²) in [5.74, 6) is 7.22. The van der Waals surface area contributed by atoms with E-state index in [4.69, 9.17) is 38.2 Å². The lowest BCUT2D eigenvalue weighted by Gasteiger charge is -2.43. The van der Waals surface area contributed by atoms with Gasteiger partial charge < -0.3 is 42.1 Å². The fraction of sp³-hybridized carbons (Fsp3) is 0.427. The number of aliphatic carboxylic acids is 1. The van der Waals surface area contributed by atoms with Crippen molar-refractivity contribution in [2.75, 3.05) is 0 Å². The number of nitrogens with zero attached hydrogens (tertiary/aromatic N) is 5. The number of rotatable bonds is 30. The normalized spacial score (nSPS) is 14.6. The quantitative estimate of drug-likeness (QED) is 0.0140. The third-order valence-electron chi connectivity index (χ3n) is 22.8. The Balaban J connectivity index is 0.000000208. The number of carboxylic acids is 1. The van der Waals surface area contributed by atoms with E-state index in [1.807, 2.05) is 48.5 Å². The third kappa shape index (κ3) is 21.1. The van der Waals surface area contributed by atoms with Crippen molar-refractivity contribution in [2.24, 2.45) is 0 Å². The molecule has 10 aromatic rings. The average molecular weight is 1550 g/mol. The molecule has 6 aromatic heterocycles. The van der Waals surface area contributed by atoms with Gasteiger partial charge in [-0.3, -0.25) is 14.4 Å². The molecule has 19 nitrogen and oxygen atoms in total. The molecular formula is C89H109ClN10O9Si2. The Bertz CT molecular complexity index is 5090. The molecule has 4 aromatic carbocycles. The fourth-order valence-electron chi connectivity index (χ4n) is 14.0. The van der Waals surface area contributed by atoms with Gasteiger partial charge in [-0.1, -0.05) is 139 Å². The van der Waals surface area contributed by atoms with Crippen LogP contribution in [-0.4, -0.2) is 97.1 Å². The molecule has 2 aliphatic rings. The zero-order valence-electron chi connectivity index (χ0n) is 66.0. The SMILES string of the molecule is C#CCCCC(CCC(=O)NC1(c2ccc(-c3nc4ccn5c(=O)[nH]nc5c4cc3-c3ccccc3)cc2)CCC1)O[Si](C)(C)C(C)(C)C.C#CCCCC(CCC(=O)O)O[Si](C)(C)C(C)(C)C.C#CCCCC(O)CCC(=O)NC1(c2ccc(-c3[nH+]c4ccn5c(=O)[nH]nc5c4cc3-c3ccccc3)cc2)CCC1.[Cl-]. The lowest BCUT2D eigenvalue weighted by Crippen LogP contribution is -3.00. The summed E-state index contributed by atoms with van der Waals surface area (Å²) in [4.78, 5) is 70.3. The van der Waals surface area contributed by atoms with Crippen LogP contribution in [0.2, 0.25) is 36.3 Å². The topological polar surface area (TPSA) is 262 Å². The molecule has 2 fully saturated rings. The van der Waals surface area contributed by atoms with Gasteiger partial charge in [0.05, 0.1) is 39.3 Å². The zero-order chi connectivity index (χ0) is 79.0. The van der Waals surface area contributed by atoms with Crippen molar-refractivity contribution >= 4 is 67.5 Å². The van der Waals surface area contributed by atoms with E-state index in [9.17, 15) is 29.1 Å². The van der Waals surface area contributed by atoms with Gasteiger partial charge in [0.1, 0.15) is 0 Å². The summed E-state index contributed by atoms with van der Waals surface area (Å²) in [6.07, 6.45) is 34.3. The number of unbranched alkanes of at least 4 members (excludes halogenated alkanes) is 3. The molecule has 0 bridgehead atoms. The van der Waals surface area contributed by atoms with E-state index in [1.54, 1.807) is 12.4 Å². The Morgan fingerprint density at radius 2 is 1.00 bits per heavy atom. The number of amides is 2. The first-order chi connectivity index (χ1) is 52.5. The molecule has 22 heteroatoms. The van der Waals surface area contributed by atoms with Crippen LogP contribution >= 0.6 is 0 Å². The monoisotopic (exact) mass is 1550 g/mol. The van der Waals surface area contributed by atoms with Gasteiger partial charge >= 0.3 is 17.3 Å². The molecule has 7 N–H and O–H groups in total. The molecule has 12 rings (SSSR count). The second-order valence-corrected chi connectivity index (χ2v) is 42.1. The number of aromatic nitrogens is 8. The molecule has 0 radical (unpaired) electrons. The fourth-order valence-corrected chi connectivity index (χ4v) is 16.9. The summed E-state index contributed by atoms with van der Waals surface area (Å²) in [7, 11) is -3.83. The number of benzene rings is 4. The van der Waals surface area contributed by atoms with Gasteiger partial charge in [-0.25, -0.2) is 38.6 Å². The highest BCUT2D eigenvalue weighted by Crippen LogP contribution is 2.46. The third-order valence-corrected chi connectivity index (χ3v) is 31.8. The number of nitrogens with one attached hydrogen (secondary N) is 5. The van der Waals surface area contributed by atoms with Crippen molar-refractivity contribution in [3.8, 4) is 81.8 Å². The van der Waals surface area contributed by atoms with Gasteiger partial charge in [0, 0.05) is 91.3 Å². The first-order valence-electron chi connectivity index (χ1n) is 38.8. The summed E-state index contributed by atoms with van der Waals surface area (Å²) in [5, 5.41) is 41.2. The highest BCUT2D eigenvalue weighted by Gasteiger charge is 2.43. The summed E-state index contributed by atoms with van der Waals surface area (Å²) in [6, 6.07) is 45.0. The summed E-state index contributed by atoms with van der Waals surface area (Å²) < 4.78 is 16.1. The average Bonchev–Trinajstić information content (AvgIpc) is 1.74. The van der Waals surface area contributed by atoms with Gasteiger partial charge in [-0.15, -0.1) is 37.0 Å². The van der Waals surface area contributed by atoms with Crippen molar-refractivity contribution in [2.45, 2.75) is 242 Å². The number of pyridine rings is 4. The second-order valence-electron chi connectivity index (χ2n) is 32.6. The Kier molecular flexibility index (Phi) is 28.8. The van der Waals surface area contributed by atoms with Gasteiger partial charge in [-0.05, 0) is 185 Å². The minimum Gasteiger partial charge on any atom is -1.00 e. The number of aliphatic hydroxyl groups is 1. The summed E-state index contributed by atoms with van der Waals surface area (Å²) in [6.45, 7) is 22.2. The molecule has 3 unspecified atom stereocenters. The number of H-pyrrole nitrogens is 3. The Morgan fingerprint density at radius 3 is 1.46 bits per heavy atom. The van der Waals surface area contributed by atoms with Crippen molar-refractivity contribution in [1.82, 2.24) is 44.8 Å². The van der Waals surface area contributed by atoms with Crippen LogP contribution in [0.25, 0.3) is 77.9 Å². The lowest BCUT2D eigenvalue weighted by atomic mass is 9.71. The number of carbonyl (C=O) groups excluding carboxylic acids is 2. The van der Waals surface area contributed by atoms with Gasteiger partial charge in [0.25, 0.3) is 0 Å². The Hall–Kier alpha value is -9.77. The smallest absolute Gasteiger partial charge is 0.347 e. The molecule has 3 atom stereocenters. The highest BCUT2D eigenvalue weighted by atomic mass is 35.5. The van der Waals surface area contributed by atoms with E-state index in [2.05, 4.69) is 206 Å². The minimum absolute atomic E-state index is 0. The summed E-state index contributed by atoms with van der Waals surface area (Å²) in [5.41, 5.74) is 11.4. The predicted molar refractivity (Wildman–Crippen MR) is 444 cm³/mol. The summed E-state index contributed by atoms with van der Waals surface area (Å²) >= 11 is 0. The second kappa shape index (κ2) is 37.5. The van der Waals surface area contributed by atoms with E-state index in [1.165, 1.54) is 8.80 Å². The first-order valence-corrected chi connectivity index (χ1v) is 44.7. The Morgan fingerprint density at radius 1 is 0.568 bits per heavy atom. The Labute approximate surface area is 661 Å².